The Morgan fingerprint density at radius 1 is 1.09 bits per heavy atom. The number of benzene rings is 1. The van der Waals surface area contributed by atoms with E-state index in [4.69, 9.17) is 5.73 Å². The molecule has 1 amide bonds. The van der Waals surface area contributed by atoms with E-state index in [0.717, 1.165) is 39.0 Å². The maximum absolute atomic E-state index is 11.1. The standard InChI is InChI=1S/C18H17N3O/c1-11-3-6-15(20-10-11)17-7-12(2)14-5-4-13(9-18(19)22)8-16(14)21-17/h3-8,10H,9H2,1-2H3,(H2,19,22). The van der Waals surface area contributed by atoms with E-state index in [1.807, 2.05) is 49.5 Å². The van der Waals surface area contributed by atoms with Crippen LogP contribution < -0.4 is 5.73 Å². The van der Waals surface area contributed by atoms with Crippen LogP contribution >= 0.6 is 0 Å². The Morgan fingerprint density at radius 2 is 1.91 bits per heavy atom. The predicted molar refractivity (Wildman–Crippen MR) is 87.3 cm³/mol. The number of aromatic nitrogens is 2. The van der Waals surface area contributed by atoms with Crippen molar-refractivity contribution < 1.29 is 4.79 Å². The lowest BCUT2D eigenvalue weighted by atomic mass is 10.0. The number of aryl methyl sites for hydroxylation is 2. The Bertz CT molecular complexity index is 854. The lowest BCUT2D eigenvalue weighted by Crippen LogP contribution is -2.13. The summed E-state index contributed by atoms with van der Waals surface area (Å²) in [6.07, 6.45) is 2.06. The molecule has 0 unspecified atom stereocenters. The molecule has 3 rings (SSSR count). The largest absolute Gasteiger partial charge is 0.369 e. The molecule has 0 bridgehead atoms. The van der Waals surface area contributed by atoms with E-state index in [2.05, 4.69) is 16.9 Å². The molecule has 2 heterocycles. The van der Waals surface area contributed by atoms with Crippen molar-refractivity contribution in [1.82, 2.24) is 9.97 Å². The summed E-state index contributed by atoms with van der Waals surface area (Å²) in [5.74, 6) is -0.340. The number of carbonyl (C=O) groups is 1. The lowest BCUT2D eigenvalue weighted by Gasteiger charge is -2.08. The zero-order chi connectivity index (χ0) is 15.7. The summed E-state index contributed by atoms with van der Waals surface area (Å²) in [6, 6.07) is 11.9. The molecule has 2 N–H and O–H groups in total. The summed E-state index contributed by atoms with van der Waals surface area (Å²) in [7, 11) is 0. The number of rotatable bonds is 3. The Kier molecular flexibility index (Phi) is 3.59. The van der Waals surface area contributed by atoms with Crippen LogP contribution in [0.2, 0.25) is 0 Å². The predicted octanol–water partition coefficient (Wildman–Crippen LogP) is 2.94. The summed E-state index contributed by atoms with van der Waals surface area (Å²) >= 11 is 0. The number of hydrogen-bond donors (Lipinski definition) is 1. The van der Waals surface area contributed by atoms with Crippen molar-refractivity contribution in [2.45, 2.75) is 20.3 Å². The number of nitrogens with two attached hydrogens (primary N) is 1. The van der Waals surface area contributed by atoms with Crippen molar-refractivity contribution in [2.24, 2.45) is 5.73 Å². The number of hydrogen-bond acceptors (Lipinski definition) is 3. The van der Waals surface area contributed by atoms with Crippen molar-refractivity contribution in [3.63, 3.8) is 0 Å². The molecule has 0 aliphatic heterocycles. The number of primary amides is 1. The Hall–Kier alpha value is -2.75. The summed E-state index contributed by atoms with van der Waals surface area (Å²) in [6.45, 7) is 4.06. The summed E-state index contributed by atoms with van der Waals surface area (Å²) in [5.41, 5.74) is 10.9. The molecule has 0 spiro atoms. The fourth-order valence-corrected chi connectivity index (χ4v) is 2.51. The van der Waals surface area contributed by atoms with Gasteiger partial charge in [0.2, 0.25) is 5.91 Å². The number of pyridine rings is 2. The zero-order valence-corrected chi connectivity index (χ0v) is 12.6. The highest BCUT2D eigenvalue weighted by molar-refractivity contribution is 5.86. The molecule has 0 radical (unpaired) electrons. The summed E-state index contributed by atoms with van der Waals surface area (Å²) in [4.78, 5) is 20.2. The first-order chi connectivity index (χ1) is 10.5. The maximum atomic E-state index is 11.1. The van der Waals surface area contributed by atoms with Gasteiger partial charge in [-0.15, -0.1) is 0 Å². The van der Waals surface area contributed by atoms with Gasteiger partial charge in [0.1, 0.15) is 0 Å². The monoisotopic (exact) mass is 291 g/mol. The maximum Gasteiger partial charge on any atom is 0.221 e. The van der Waals surface area contributed by atoms with Gasteiger partial charge in [0.15, 0.2) is 0 Å². The van der Waals surface area contributed by atoms with E-state index >= 15 is 0 Å². The highest BCUT2D eigenvalue weighted by atomic mass is 16.1. The van der Waals surface area contributed by atoms with Crippen LogP contribution in [0.5, 0.6) is 0 Å². The lowest BCUT2D eigenvalue weighted by molar-refractivity contribution is -0.117. The Labute approximate surface area is 129 Å². The molecule has 0 aliphatic rings. The minimum atomic E-state index is -0.340. The minimum Gasteiger partial charge on any atom is -0.369 e. The first-order valence-corrected chi connectivity index (χ1v) is 7.14. The first-order valence-electron chi connectivity index (χ1n) is 7.14. The van der Waals surface area contributed by atoms with E-state index in [0.29, 0.717) is 0 Å². The third kappa shape index (κ3) is 2.81. The van der Waals surface area contributed by atoms with Gasteiger partial charge in [-0.25, -0.2) is 4.98 Å². The molecule has 0 aliphatic carbocycles. The van der Waals surface area contributed by atoms with Gasteiger partial charge in [-0.1, -0.05) is 18.2 Å². The van der Waals surface area contributed by atoms with Gasteiger partial charge < -0.3 is 5.73 Å². The molecule has 0 fully saturated rings. The van der Waals surface area contributed by atoms with Crippen LogP contribution in [0.15, 0.2) is 42.6 Å². The second-order valence-corrected chi connectivity index (χ2v) is 5.54. The van der Waals surface area contributed by atoms with Crippen molar-refractivity contribution in [3.05, 3.63) is 59.3 Å². The van der Waals surface area contributed by atoms with Crippen molar-refractivity contribution in [1.29, 1.82) is 0 Å². The Morgan fingerprint density at radius 3 is 2.59 bits per heavy atom. The number of fused-ring (bicyclic) bond motifs is 1. The van der Waals surface area contributed by atoms with E-state index in [-0.39, 0.29) is 12.3 Å². The quantitative estimate of drug-likeness (QED) is 0.806. The average molecular weight is 291 g/mol. The molecule has 22 heavy (non-hydrogen) atoms. The third-order valence-electron chi connectivity index (χ3n) is 3.63. The van der Waals surface area contributed by atoms with Gasteiger partial charge in [-0.05, 0) is 48.7 Å². The molecule has 0 atom stereocenters. The fourth-order valence-electron chi connectivity index (χ4n) is 2.51. The van der Waals surface area contributed by atoms with Crippen LogP contribution in [0.1, 0.15) is 16.7 Å². The second kappa shape index (κ2) is 5.56. The SMILES string of the molecule is Cc1ccc(-c2cc(C)c3ccc(CC(N)=O)cc3n2)nc1. The van der Waals surface area contributed by atoms with Gasteiger partial charge in [0.25, 0.3) is 0 Å². The molecule has 4 heteroatoms. The molecule has 0 saturated carbocycles. The molecule has 110 valence electrons. The Balaban J connectivity index is 2.12. The van der Waals surface area contributed by atoms with Gasteiger partial charge in [-0.2, -0.15) is 0 Å². The molecule has 3 aromatic rings. The number of carbonyl (C=O) groups excluding carboxylic acids is 1. The highest BCUT2D eigenvalue weighted by Gasteiger charge is 2.08. The molecule has 0 saturated heterocycles. The van der Waals surface area contributed by atoms with Crippen LogP contribution in [0.3, 0.4) is 0 Å². The van der Waals surface area contributed by atoms with E-state index in [9.17, 15) is 4.79 Å². The number of amides is 1. The van der Waals surface area contributed by atoms with Crippen LogP contribution in [0, 0.1) is 13.8 Å². The first kappa shape index (κ1) is 14.2. The van der Waals surface area contributed by atoms with Crippen LogP contribution in [0.25, 0.3) is 22.3 Å². The molecule has 4 nitrogen and oxygen atoms in total. The average Bonchev–Trinajstić information content (AvgIpc) is 2.47. The zero-order valence-electron chi connectivity index (χ0n) is 12.6. The second-order valence-electron chi connectivity index (χ2n) is 5.54. The van der Waals surface area contributed by atoms with E-state index in [1.165, 1.54) is 0 Å². The van der Waals surface area contributed by atoms with Crippen molar-refractivity contribution >= 4 is 16.8 Å². The normalized spacial score (nSPS) is 10.8. The fraction of sp³-hybridized carbons (Fsp3) is 0.167. The van der Waals surface area contributed by atoms with Crippen LogP contribution in [-0.2, 0) is 11.2 Å². The minimum absolute atomic E-state index is 0.226. The third-order valence-corrected chi connectivity index (χ3v) is 3.63. The van der Waals surface area contributed by atoms with Crippen molar-refractivity contribution in [3.8, 4) is 11.4 Å². The van der Waals surface area contributed by atoms with Crippen LogP contribution in [0.4, 0.5) is 0 Å². The smallest absolute Gasteiger partial charge is 0.221 e. The summed E-state index contributed by atoms with van der Waals surface area (Å²) < 4.78 is 0. The van der Waals surface area contributed by atoms with Gasteiger partial charge in [-0.3, -0.25) is 9.78 Å². The van der Waals surface area contributed by atoms with Gasteiger partial charge >= 0.3 is 0 Å². The molecular weight excluding hydrogens is 274 g/mol. The molecule has 1 aromatic carbocycles. The van der Waals surface area contributed by atoms with Gasteiger partial charge in [0.05, 0.1) is 23.3 Å². The van der Waals surface area contributed by atoms with E-state index < -0.39 is 0 Å². The topological polar surface area (TPSA) is 68.9 Å². The highest BCUT2D eigenvalue weighted by Crippen LogP contribution is 2.24. The summed E-state index contributed by atoms with van der Waals surface area (Å²) in [5, 5.41) is 1.07. The van der Waals surface area contributed by atoms with Gasteiger partial charge in [0, 0.05) is 11.6 Å². The molecular formula is C18H17N3O. The number of nitrogens with zero attached hydrogens (tertiary/aromatic N) is 2. The van der Waals surface area contributed by atoms with Crippen LogP contribution in [-0.4, -0.2) is 15.9 Å². The molecule has 2 aromatic heterocycles. The van der Waals surface area contributed by atoms with E-state index in [1.54, 1.807) is 0 Å². The van der Waals surface area contributed by atoms with Crippen molar-refractivity contribution in [2.75, 3.05) is 0 Å².